The second-order valence-corrected chi connectivity index (χ2v) is 4.13. The lowest BCUT2D eigenvalue weighted by molar-refractivity contribution is 0.0486. The number of aromatic nitrogens is 1. The Labute approximate surface area is 99.4 Å². The fourth-order valence-electron chi connectivity index (χ4n) is 2.38. The van der Waals surface area contributed by atoms with E-state index in [1.807, 2.05) is 6.07 Å². The highest BCUT2D eigenvalue weighted by molar-refractivity contribution is 5.67. The zero-order valence-electron chi connectivity index (χ0n) is 9.43. The van der Waals surface area contributed by atoms with Crippen molar-refractivity contribution in [3.63, 3.8) is 0 Å². The van der Waals surface area contributed by atoms with E-state index in [0.29, 0.717) is 6.54 Å². The van der Waals surface area contributed by atoms with Crippen molar-refractivity contribution in [3.8, 4) is 11.1 Å². The molecule has 0 bridgehead atoms. The van der Waals surface area contributed by atoms with Gasteiger partial charge in [0.25, 0.3) is 0 Å². The van der Waals surface area contributed by atoms with Gasteiger partial charge in [-0.25, -0.2) is 0 Å². The van der Waals surface area contributed by atoms with Crippen LogP contribution in [0, 0.1) is 0 Å². The number of benzene rings is 1. The molecular formula is C13H14N2O2. The molecule has 88 valence electrons. The third kappa shape index (κ3) is 1.75. The maximum absolute atomic E-state index is 5.73. The van der Waals surface area contributed by atoms with E-state index in [-0.39, 0.29) is 6.10 Å². The summed E-state index contributed by atoms with van der Waals surface area (Å²) < 4.78 is 10.6. The summed E-state index contributed by atoms with van der Waals surface area (Å²) in [5.41, 5.74) is 10.4. The van der Waals surface area contributed by atoms with Crippen molar-refractivity contribution >= 4 is 0 Å². The minimum Gasteiger partial charge on any atom is -0.372 e. The zero-order valence-corrected chi connectivity index (χ0v) is 9.43. The predicted octanol–water partition coefficient (Wildman–Crippen LogP) is 1.91. The van der Waals surface area contributed by atoms with E-state index in [9.17, 15) is 0 Å². The van der Waals surface area contributed by atoms with Crippen LogP contribution in [0.3, 0.4) is 0 Å². The van der Waals surface area contributed by atoms with Crippen LogP contribution in [0.5, 0.6) is 0 Å². The maximum atomic E-state index is 5.73. The molecule has 4 heteroatoms. The summed E-state index contributed by atoms with van der Waals surface area (Å²) in [6, 6.07) is 6.20. The number of rotatable bonds is 2. The smallest absolute Gasteiger partial charge is 0.131 e. The predicted molar refractivity (Wildman–Crippen MR) is 63.4 cm³/mol. The number of ether oxygens (including phenoxy) is 1. The molecule has 0 radical (unpaired) electrons. The van der Waals surface area contributed by atoms with Gasteiger partial charge in [0.2, 0.25) is 0 Å². The van der Waals surface area contributed by atoms with E-state index in [0.717, 1.165) is 18.6 Å². The fraction of sp³-hybridized carbons (Fsp3) is 0.308. The molecule has 0 saturated carbocycles. The summed E-state index contributed by atoms with van der Waals surface area (Å²) in [4.78, 5) is 0. The van der Waals surface area contributed by atoms with E-state index in [1.54, 1.807) is 12.5 Å². The molecule has 4 nitrogen and oxygen atoms in total. The van der Waals surface area contributed by atoms with Gasteiger partial charge in [-0.15, -0.1) is 0 Å². The molecule has 1 atom stereocenters. The van der Waals surface area contributed by atoms with Gasteiger partial charge in [0.05, 0.1) is 18.9 Å². The van der Waals surface area contributed by atoms with Crippen LogP contribution in [0.1, 0.15) is 17.2 Å². The van der Waals surface area contributed by atoms with Crippen molar-refractivity contribution in [2.24, 2.45) is 5.73 Å². The van der Waals surface area contributed by atoms with Crippen molar-refractivity contribution in [2.45, 2.75) is 12.5 Å². The standard InChI is InChI=1S/C13H14N2O2/c14-6-13-12-3-1-2-10(9-7-15-17-8-9)11(12)4-5-16-13/h1-3,7-8,13H,4-6,14H2. The molecule has 2 heterocycles. The van der Waals surface area contributed by atoms with Gasteiger partial charge < -0.3 is 15.0 Å². The molecule has 2 N–H and O–H groups in total. The molecule has 1 aliphatic rings. The number of fused-ring (bicyclic) bond motifs is 1. The lowest BCUT2D eigenvalue weighted by atomic mass is 9.91. The molecule has 17 heavy (non-hydrogen) atoms. The minimum atomic E-state index is 0.0126. The van der Waals surface area contributed by atoms with Crippen molar-refractivity contribution < 1.29 is 9.26 Å². The van der Waals surface area contributed by atoms with Crippen LogP contribution in [0.25, 0.3) is 11.1 Å². The monoisotopic (exact) mass is 230 g/mol. The maximum Gasteiger partial charge on any atom is 0.131 e. The van der Waals surface area contributed by atoms with Crippen LogP contribution < -0.4 is 5.73 Å². The van der Waals surface area contributed by atoms with Gasteiger partial charge in [0, 0.05) is 12.1 Å². The average Bonchev–Trinajstić information content (AvgIpc) is 2.91. The number of hydrogen-bond donors (Lipinski definition) is 1. The molecule has 3 rings (SSSR count). The van der Waals surface area contributed by atoms with Gasteiger partial charge >= 0.3 is 0 Å². The first-order valence-corrected chi connectivity index (χ1v) is 5.73. The highest BCUT2D eigenvalue weighted by Crippen LogP contribution is 2.33. The lowest BCUT2D eigenvalue weighted by Crippen LogP contribution is -2.23. The number of nitrogens with two attached hydrogens (primary N) is 1. The Bertz CT molecular complexity index is 508. The van der Waals surface area contributed by atoms with Crippen LogP contribution in [-0.2, 0) is 11.2 Å². The first-order chi connectivity index (χ1) is 8.40. The van der Waals surface area contributed by atoms with E-state index in [4.69, 9.17) is 15.0 Å². The molecule has 1 aromatic heterocycles. The number of nitrogens with zero attached hydrogens (tertiary/aromatic N) is 1. The molecule has 1 unspecified atom stereocenters. The van der Waals surface area contributed by atoms with Crippen molar-refractivity contribution in [2.75, 3.05) is 13.2 Å². The Balaban J connectivity index is 2.12. The van der Waals surface area contributed by atoms with Gasteiger partial charge in [0.1, 0.15) is 6.26 Å². The van der Waals surface area contributed by atoms with Crippen LogP contribution in [0.15, 0.2) is 35.2 Å². The Morgan fingerprint density at radius 1 is 1.41 bits per heavy atom. The quantitative estimate of drug-likeness (QED) is 0.856. The molecule has 1 aromatic carbocycles. The van der Waals surface area contributed by atoms with Crippen LogP contribution in [0.2, 0.25) is 0 Å². The summed E-state index contributed by atoms with van der Waals surface area (Å²) in [5.74, 6) is 0. The molecule has 0 saturated heterocycles. The fourth-order valence-corrected chi connectivity index (χ4v) is 2.38. The Kier molecular flexibility index (Phi) is 2.66. The SMILES string of the molecule is NCC1OCCc2c(-c3cnoc3)cccc21. The van der Waals surface area contributed by atoms with E-state index < -0.39 is 0 Å². The van der Waals surface area contributed by atoms with Crippen molar-refractivity contribution in [1.82, 2.24) is 5.16 Å². The topological polar surface area (TPSA) is 61.3 Å². The lowest BCUT2D eigenvalue weighted by Gasteiger charge is -2.26. The average molecular weight is 230 g/mol. The Hall–Kier alpha value is -1.65. The summed E-state index contributed by atoms with van der Waals surface area (Å²) in [7, 11) is 0. The van der Waals surface area contributed by atoms with E-state index >= 15 is 0 Å². The molecule has 0 aliphatic carbocycles. The molecule has 0 spiro atoms. The second-order valence-electron chi connectivity index (χ2n) is 4.13. The van der Waals surface area contributed by atoms with Crippen molar-refractivity contribution in [1.29, 1.82) is 0 Å². The third-order valence-electron chi connectivity index (χ3n) is 3.19. The summed E-state index contributed by atoms with van der Waals surface area (Å²) in [6.07, 6.45) is 4.33. The summed E-state index contributed by atoms with van der Waals surface area (Å²) >= 11 is 0. The van der Waals surface area contributed by atoms with Gasteiger partial charge in [0.15, 0.2) is 0 Å². The van der Waals surface area contributed by atoms with Gasteiger partial charge in [-0.2, -0.15) is 0 Å². The first-order valence-electron chi connectivity index (χ1n) is 5.73. The normalized spacial score (nSPS) is 19.0. The van der Waals surface area contributed by atoms with E-state index in [2.05, 4.69) is 17.3 Å². The largest absolute Gasteiger partial charge is 0.372 e. The van der Waals surface area contributed by atoms with Gasteiger partial charge in [-0.1, -0.05) is 23.4 Å². The molecule has 0 fully saturated rings. The molecular weight excluding hydrogens is 216 g/mol. The van der Waals surface area contributed by atoms with Gasteiger partial charge in [-0.3, -0.25) is 0 Å². The summed E-state index contributed by atoms with van der Waals surface area (Å²) in [6.45, 7) is 1.23. The first kappa shape index (κ1) is 10.5. The minimum absolute atomic E-state index is 0.0126. The van der Waals surface area contributed by atoms with Crippen LogP contribution in [-0.4, -0.2) is 18.3 Å². The van der Waals surface area contributed by atoms with Crippen molar-refractivity contribution in [3.05, 3.63) is 41.8 Å². The Morgan fingerprint density at radius 2 is 2.35 bits per heavy atom. The second kappa shape index (κ2) is 4.31. The highest BCUT2D eigenvalue weighted by atomic mass is 16.5. The molecule has 1 aliphatic heterocycles. The van der Waals surface area contributed by atoms with Crippen LogP contribution in [0.4, 0.5) is 0 Å². The zero-order chi connectivity index (χ0) is 11.7. The van der Waals surface area contributed by atoms with Gasteiger partial charge in [-0.05, 0) is 23.1 Å². The highest BCUT2D eigenvalue weighted by Gasteiger charge is 2.22. The third-order valence-corrected chi connectivity index (χ3v) is 3.19. The number of hydrogen-bond acceptors (Lipinski definition) is 4. The van der Waals surface area contributed by atoms with Crippen LogP contribution >= 0.6 is 0 Å². The molecule has 2 aromatic rings. The van der Waals surface area contributed by atoms with E-state index in [1.165, 1.54) is 16.7 Å². The molecule has 0 amide bonds. The Morgan fingerprint density at radius 3 is 3.12 bits per heavy atom. The summed E-state index contributed by atoms with van der Waals surface area (Å²) in [5, 5.41) is 3.76.